The Morgan fingerprint density at radius 2 is 1.71 bits per heavy atom. The zero-order chi connectivity index (χ0) is 38.0. The summed E-state index contributed by atoms with van der Waals surface area (Å²) in [5.74, 6) is -2.25. The molecule has 1 aliphatic rings. The van der Waals surface area contributed by atoms with Crippen LogP contribution < -0.4 is 24.0 Å². The Morgan fingerprint density at radius 3 is 2.37 bits per heavy atom. The standard InChI is InChI=1S/C35H38ClF3N6O6S/c1-35(2,3)51-34(46)43(4)24-11-12-44(20-24)30-13-22(37)8-10-28(30)42-29-16-27(39)32(15-26(29)36)52(47,48)45(33-40-17-23(38)18-41-33)19-21-7-9-25(49-5)14-31(21)50-6/h7-10,13-18,24,42H,11-12,19-20H2,1-6H3. The molecule has 0 saturated carbocycles. The summed E-state index contributed by atoms with van der Waals surface area (Å²) in [6.45, 7) is 5.71. The molecule has 17 heteroatoms. The second kappa shape index (κ2) is 15.3. The number of nitrogens with zero attached hydrogens (tertiary/aromatic N) is 5. The van der Waals surface area contributed by atoms with Gasteiger partial charge in [0.25, 0.3) is 10.0 Å². The van der Waals surface area contributed by atoms with Crippen molar-refractivity contribution in [1.82, 2.24) is 14.9 Å². The van der Waals surface area contributed by atoms with Gasteiger partial charge in [-0.25, -0.2) is 40.7 Å². The van der Waals surface area contributed by atoms with Gasteiger partial charge in [-0.3, -0.25) is 0 Å². The van der Waals surface area contributed by atoms with Crippen LogP contribution in [0.5, 0.6) is 11.5 Å². The first-order valence-corrected chi connectivity index (χ1v) is 17.8. The van der Waals surface area contributed by atoms with E-state index in [1.54, 1.807) is 40.0 Å². The highest BCUT2D eigenvalue weighted by atomic mass is 35.5. The molecule has 1 fully saturated rings. The number of hydrogen-bond donors (Lipinski definition) is 1. The van der Waals surface area contributed by atoms with Crippen LogP contribution in [-0.4, -0.2) is 75.4 Å². The van der Waals surface area contributed by atoms with E-state index in [4.69, 9.17) is 25.8 Å². The van der Waals surface area contributed by atoms with Crippen LogP contribution in [0.2, 0.25) is 5.02 Å². The first-order chi connectivity index (χ1) is 24.5. The summed E-state index contributed by atoms with van der Waals surface area (Å²) in [6.07, 6.45) is 1.65. The number of halogens is 4. The van der Waals surface area contributed by atoms with E-state index in [1.165, 1.54) is 43.4 Å². The molecule has 12 nitrogen and oxygen atoms in total. The molecule has 4 aromatic rings. The lowest BCUT2D eigenvalue weighted by atomic mass is 10.2. The largest absolute Gasteiger partial charge is 0.497 e. The third-order valence-corrected chi connectivity index (χ3v) is 10.2. The SMILES string of the molecule is COc1ccc(CN(c2ncc(F)cn2)S(=O)(=O)c2cc(Cl)c(Nc3ccc(F)cc3N3CCC(N(C)C(=O)OC(C)(C)C)C3)cc2F)c(OC)c1. The fourth-order valence-electron chi connectivity index (χ4n) is 5.55. The number of hydrogen-bond acceptors (Lipinski definition) is 10. The Bertz CT molecular complexity index is 2050. The van der Waals surface area contributed by atoms with Crippen LogP contribution in [0.25, 0.3) is 0 Å². The Hall–Kier alpha value is -4.96. The van der Waals surface area contributed by atoms with Crippen LogP contribution in [0.15, 0.2) is 65.8 Å². The maximum Gasteiger partial charge on any atom is 0.410 e. The molecule has 1 amide bonds. The van der Waals surface area contributed by atoms with Crippen LogP contribution in [0.4, 0.5) is 41.0 Å². The van der Waals surface area contributed by atoms with Crippen LogP contribution in [0.1, 0.15) is 32.8 Å². The topological polar surface area (TPSA) is 126 Å². The number of amides is 1. The molecule has 278 valence electrons. The molecule has 1 aliphatic heterocycles. The average molecular weight is 763 g/mol. The maximum absolute atomic E-state index is 16.0. The predicted octanol–water partition coefficient (Wildman–Crippen LogP) is 7.15. The number of rotatable bonds is 11. The van der Waals surface area contributed by atoms with Crippen LogP contribution in [0.3, 0.4) is 0 Å². The lowest BCUT2D eigenvalue weighted by Gasteiger charge is -2.29. The van der Waals surface area contributed by atoms with Gasteiger partial charge >= 0.3 is 6.09 Å². The van der Waals surface area contributed by atoms with E-state index < -0.39 is 56.6 Å². The molecule has 1 saturated heterocycles. The van der Waals surface area contributed by atoms with E-state index in [0.717, 1.165) is 24.5 Å². The maximum atomic E-state index is 16.0. The number of carbonyl (C=O) groups excluding carboxylic acids is 1. The summed E-state index contributed by atoms with van der Waals surface area (Å²) in [5, 5.41) is 2.83. The van der Waals surface area contributed by atoms with Gasteiger partial charge in [-0.1, -0.05) is 11.6 Å². The normalized spacial score (nSPS) is 14.6. The summed E-state index contributed by atoms with van der Waals surface area (Å²) >= 11 is 6.59. The van der Waals surface area contributed by atoms with Crippen LogP contribution in [-0.2, 0) is 21.3 Å². The van der Waals surface area contributed by atoms with Gasteiger partial charge in [-0.05, 0) is 63.6 Å². The summed E-state index contributed by atoms with van der Waals surface area (Å²) in [7, 11) is -0.320. The highest BCUT2D eigenvalue weighted by molar-refractivity contribution is 7.92. The Balaban J connectivity index is 1.45. The summed E-state index contributed by atoms with van der Waals surface area (Å²) in [4.78, 5) is 22.9. The fourth-order valence-corrected chi connectivity index (χ4v) is 7.26. The summed E-state index contributed by atoms with van der Waals surface area (Å²) in [5.41, 5.74) is 0.432. The van der Waals surface area contributed by atoms with E-state index in [2.05, 4.69) is 15.3 Å². The second-order valence-corrected chi connectivity index (χ2v) is 15.2. The number of nitrogens with one attached hydrogen (secondary N) is 1. The molecule has 0 aliphatic carbocycles. The molecule has 1 aromatic heterocycles. The van der Waals surface area contributed by atoms with Crippen molar-refractivity contribution in [3.05, 3.63) is 89.0 Å². The van der Waals surface area contributed by atoms with E-state index in [9.17, 15) is 22.0 Å². The van der Waals surface area contributed by atoms with E-state index >= 15 is 4.39 Å². The highest BCUT2D eigenvalue weighted by Crippen LogP contribution is 2.38. The number of ether oxygens (including phenoxy) is 3. The van der Waals surface area contributed by atoms with E-state index in [1.807, 2.05) is 4.90 Å². The molecule has 52 heavy (non-hydrogen) atoms. The smallest absolute Gasteiger partial charge is 0.410 e. The Labute approximate surface area is 305 Å². The minimum Gasteiger partial charge on any atom is -0.497 e. The summed E-state index contributed by atoms with van der Waals surface area (Å²) in [6, 6.07) is 10.2. The fraction of sp³-hybridized carbons (Fsp3) is 0.343. The Morgan fingerprint density at radius 1 is 1.00 bits per heavy atom. The van der Waals surface area contributed by atoms with Crippen molar-refractivity contribution in [3.63, 3.8) is 0 Å². The van der Waals surface area contributed by atoms with Crippen molar-refractivity contribution in [2.45, 2.75) is 50.3 Å². The molecular weight excluding hydrogens is 725 g/mol. The predicted molar refractivity (Wildman–Crippen MR) is 191 cm³/mol. The van der Waals surface area contributed by atoms with Crippen molar-refractivity contribution < 1.29 is 40.6 Å². The summed E-state index contributed by atoms with van der Waals surface area (Å²) < 4.78 is 89.5. The molecule has 2 heterocycles. The van der Waals surface area contributed by atoms with Crippen molar-refractivity contribution >= 4 is 50.7 Å². The molecule has 1 N–H and O–H groups in total. The average Bonchev–Trinajstić information content (AvgIpc) is 3.59. The van der Waals surface area contributed by atoms with Crippen LogP contribution in [0, 0.1) is 17.5 Å². The Kier molecular flexibility index (Phi) is 11.3. The van der Waals surface area contributed by atoms with Crippen molar-refractivity contribution in [2.75, 3.05) is 48.9 Å². The number of benzene rings is 3. The molecular formula is C35H38ClF3N6O6S. The monoisotopic (exact) mass is 762 g/mol. The molecule has 5 rings (SSSR count). The van der Waals surface area contributed by atoms with Crippen molar-refractivity contribution in [1.29, 1.82) is 0 Å². The molecule has 0 bridgehead atoms. The number of aromatic nitrogens is 2. The second-order valence-electron chi connectivity index (χ2n) is 12.9. The first kappa shape index (κ1) is 38.3. The van der Waals surface area contributed by atoms with Gasteiger partial charge in [0.2, 0.25) is 5.95 Å². The minimum atomic E-state index is -4.80. The van der Waals surface area contributed by atoms with Crippen molar-refractivity contribution in [3.8, 4) is 11.5 Å². The van der Waals surface area contributed by atoms with Gasteiger partial charge in [-0.15, -0.1) is 0 Å². The molecule has 3 aromatic carbocycles. The number of anilines is 4. The number of carbonyl (C=O) groups is 1. The lowest BCUT2D eigenvalue weighted by molar-refractivity contribution is 0.0238. The number of sulfonamides is 1. The minimum absolute atomic E-state index is 0.00555. The van der Waals surface area contributed by atoms with E-state index in [0.29, 0.717) is 46.5 Å². The lowest BCUT2D eigenvalue weighted by Crippen LogP contribution is -2.42. The molecule has 0 radical (unpaired) electrons. The first-order valence-electron chi connectivity index (χ1n) is 16.0. The van der Waals surface area contributed by atoms with Crippen molar-refractivity contribution in [2.24, 2.45) is 0 Å². The number of likely N-dealkylation sites (N-methyl/N-ethyl adjacent to an activating group) is 1. The van der Waals surface area contributed by atoms with Crippen LogP contribution >= 0.6 is 11.6 Å². The third kappa shape index (κ3) is 8.56. The molecule has 1 atom stereocenters. The highest BCUT2D eigenvalue weighted by Gasteiger charge is 2.34. The van der Waals surface area contributed by atoms with E-state index in [-0.39, 0.29) is 22.5 Å². The zero-order valence-electron chi connectivity index (χ0n) is 29.3. The molecule has 0 spiro atoms. The third-order valence-electron chi connectivity index (χ3n) is 8.19. The van der Waals surface area contributed by atoms with Gasteiger partial charge in [-0.2, -0.15) is 0 Å². The number of methoxy groups -OCH3 is 2. The zero-order valence-corrected chi connectivity index (χ0v) is 30.9. The van der Waals surface area contributed by atoms with Gasteiger partial charge in [0.1, 0.15) is 33.6 Å². The van der Waals surface area contributed by atoms with Gasteiger partial charge < -0.3 is 29.3 Å². The quantitative estimate of drug-likeness (QED) is 0.168. The van der Waals surface area contributed by atoms with Gasteiger partial charge in [0, 0.05) is 37.8 Å². The molecule has 1 unspecified atom stereocenters. The van der Waals surface area contributed by atoms with Gasteiger partial charge in [0.05, 0.1) is 61.3 Å². The van der Waals surface area contributed by atoms with Gasteiger partial charge in [0.15, 0.2) is 5.82 Å².